The maximum atomic E-state index is 4.23. The molecule has 0 saturated heterocycles. The number of aromatic nitrogens is 4. The van der Waals surface area contributed by atoms with Crippen LogP contribution >= 0.6 is 0 Å². The molecule has 1 aromatic carbocycles. The topological polar surface area (TPSA) is 58.5 Å². The van der Waals surface area contributed by atoms with E-state index in [2.05, 4.69) is 45.7 Å². The SMILES string of the molecule is Cc1c(CNc2ccc3cn[nH]c3c2)cnn1C. The number of benzene rings is 1. The summed E-state index contributed by atoms with van der Waals surface area (Å²) in [5.41, 5.74) is 4.52. The highest BCUT2D eigenvalue weighted by atomic mass is 15.3. The minimum absolute atomic E-state index is 0.777. The molecule has 0 bridgehead atoms. The Bertz CT molecular complexity index is 680. The van der Waals surface area contributed by atoms with Crippen LogP contribution in [0.15, 0.2) is 30.6 Å². The van der Waals surface area contributed by atoms with Gasteiger partial charge in [0.05, 0.1) is 17.9 Å². The molecule has 0 aliphatic rings. The second-order valence-electron chi connectivity index (χ2n) is 4.40. The van der Waals surface area contributed by atoms with Crippen LogP contribution in [0.1, 0.15) is 11.3 Å². The number of anilines is 1. The molecule has 0 aliphatic carbocycles. The van der Waals surface area contributed by atoms with Crippen LogP contribution in [0, 0.1) is 6.92 Å². The average molecular weight is 241 g/mol. The van der Waals surface area contributed by atoms with E-state index in [-0.39, 0.29) is 0 Å². The van der Waals surface area contributed by atoms with Gasteiger partial charge in [-0.25, -0.2) is 0 Å². The fourth-order valence-corrected chi connectivity index (χ4v) is 1.96. The smallest absolute Gasteiger partial charge is 0.0670 e. The van der Waals surface area contributed by atoms with Crippen LogP contribution in [0.3, 0.4) is 0 Å². The molecule has 5 nitrogen and oxygen atoms in total. The Morgan fingerprint density at radius 2 is 2.22 bits per heavy atom. The van der Waals surface area contributed by atoms with E-state index in [0.29, 0.717) is 0 Å². The number of H-pyrrole nitrogens is 1. The van der Waals surface area contributed by atoms with Crippen LogP contribution < -0.4 is 5.32 Å². The van der Waals surface area contributed by atoms with Gasteiger partial charge in [0.1, 0.15) is 0 Å². The second kappa shape index (κ2) is 4.18. The third-order valence-electron chi connectivity index (χ3n) is 3.26. The molecule has 0 unspecified atom stereocenters. The first-order valence-corrected chi connectivity index (χ1v) is 5.88. The number of rotatable bonds is 3. The van der Waals surface area contributed by atoms with Crippen LogP contribution in [0.5, 0.6) is 0 Å². The summed E-state index contributed by atoms with van der Waals surface area (Å²) < 4.78 is 1.88. The van der Waals surface area contributed by atoms with Crippen molar-refractivity contribution < 1.29 is 0 Å². The zero-order valence-corrected chi connectivity index (χ0v) is 10.4. The molecule has 0 aliphatic heterocycles. The van der Waals surface area contributed by atoms with Crippen molar-refractivity contribution in [1.29, 1.82) is 0 Å². The third-order valence-corrected chi connectivity index (χ3v) is 3.26. The molecule has 92 valence electrons. The minimum Gasteiger partial charge on any atom is -0.381 e. The molecule has 3 aromatic rings. The molecule has 3 rings (SSSR count). The molecule has 0 fully saturated rings. The summed E-state index contributed by atoms with van der Waals surface area (Å²) in [7, 11) is 1.95. The molecular formula is C13H15N5. The molecular weight excluding hydrogens is 226 g/mol. The average Bonchev–Trinajstić information content (AvgIpc) is 2.96. The molecule has 0 radical (unpaired) electrons. The van der Waals surface area contributed by atoms with Gasteiger partial charge in [-0.2, -0.15) is 10.2 Å². The quantitative estimate of drug-likeness (QED) is 0.739. The standard InChI is InChI=1S/C13H15N5/c1-9-11(8-16-18(9)2)6-14-12-4-3-10-7-15-17-13(10)5-12/h3-5,7-8,14H,6H2,1-2H3,(H,15,17). The first-order valence-electron chi connectivity index (χ1n) is 5.88. The van der Waals surface area contributed by atoms with Crippen molar-refractivity contribution in [2.75, 3.05) is 5.32 Å². The summed E-state index contributed by atoms with van der Waals surface area (Å²) in [6.45, 7) is 2.85. The number of hydrogen-bond donors (Lipinski definition) is 2. The molecule has 18 heavy (non-hydrogen) atoms. The van der Waals surface area contributed by atoms with E-state index in [9.17, 15) is 0 Å². The van der Waals surface area contributed by atoms with Crippen molar-refractivity contribution in [3.8, 4) is 0 Å². The van der Waals surface area contributed by atoms with Crippen molar-refractivity contribution in [3.63, 3.8) is 0 Å². The maximum absolute atomic E-state index is 4.23. The Hall–Kier alpha value is -2.30. The summed E-state index contributed by atoms with van der Waals surface area (Å²) in [6.07, 6.45) is 3.72. The Labute approximate surface area is 105 Å². The summed E-state index contributed by atoms with van der Waals surface area (Å²) in [5, 5.41) is 15.7. The van der Waals surface area contributed by atoms with Gasteiger partial charge in [-0.15, -0.1) is 0 Å². The van der Waals surface area contributed by atoms with Crippen molar-refractivity contribution in [1.82, 2.24) is 20.0 Å². The summed E-state index contributed by atoms with van der Waals surface area (Å²) >= 11 is 0. The first kappa shape index (κ1) is 10.8. The van der Waals surface area contributed by atoms with Crippen molar-refractivity contribution in [3.05, 3.63) is 41.9 Å². The number of nitrogens with zero attached hydrogens (tertiary/aromatic N) is 3. The van der Waals surface area contributed by atoms with Crippen LogP contribution in [0.25, 0.3) is 10.9 Å². The lowest BCUT2D eigenvalue weighted by Gasteiger charge is -2.06. The van der Waals surface area contributed by atoms with Gasteiger partial charge in [-0.3, -0.25) is 9.78 Å². The van der Waals surface area contributed by atoms with Gasteiger partial charge in [0.25, 0.3) is 0 Å². The highest BCUT2D eigenvalue weighted by molar-refractivity contribution is 5.81. The fraction of sp³-hybridized carbons (Fsp3) is 0.231. The molecule has 2 heterocycles. The van der Waals surface area contributed by atoms with Crippen molar-refractivity contribution in [2.45, 2.75) is 13.5 Å². The normalized spacial score (nSPS) is 11.0. The largest absolute Gasteiger partial charge is 0.381 e. The number of hydrogen-bond acceptors (Lipinski definition) is 3. The van der Waals surface area contributed by atoms with Crippen LogP contribution in [-0.2, 0) is 13.6 Å². The van der Waals surface area contributed by atoms with Gasteiger partial charge in [0.15, 0.2) is 0 Å². The second-order valence-corrected chi connectivity index (χ2v) is 4.40. The Morgan fingerprint density at radius 1 is 1.33 bits per heavy atom. The molecule has 0 amide bonds. The van der Waals surface area contributed by atoms with Gasteiger partial charge in [-0.1, -0.05) is 0 Å². The molecule has 5 heteroatoms. The van der Waals surface area contributed by atoms with E-state index < -0.39 is 0 Å². The van der Waals surface area contributed by atoms with Gasteiger partial charge >= 0.3 is 0 Å². The molecule has 0 saturated carbocycles. The lowest BCUT2D eigenvalue weighted by atomic mass is 10.2. The summed E-state index contributed by atoms with van der Waals surface area (Å²) in [6, 6.07) is 6.18. The van der Waals surface area contributed by atoms with Crippen LogP contribution in [0.4, 0.5) is 5.69 Å². The molecule has 0 atom stereocenters. The van der Waals surface area contributed by atoms with E-state index in [1.807, 2.05) is 24.1 Å². The fourth-order valence-electron chi connectivity index (χ4n) is 1.96. The van der Waals surface area contributed by atoms with Gasteiger partial charge < -0.3 is 5.32 Å². The highest BCUT2D eigenvalue weighted by Gasteiger charge is 2.03. The zero-order chi connectivity index (χ0) is 12.5. The monoisotopic (exact) mass is 241 g/mol. The van der Waals surface area contributed by atoms with Crippen molar-refractivity contribution in [2.24, 2.45) is 7.05 Å². The highest BCUT2D eigenvalue weighted by Crippen LogP contribution is 2.17. The molecule has 2 aromatic heterocycles. The van der Waals surface area contributed by atoms with E-state index in [0.717, 1.165) is 23.1 Å². The number of aryl methyl sites for hydroxylation is 1. The van der Waals surface area contributed by atoms with Crippen LogP contribution in [0.2, 0.25) is 0 Å². The molecule has 0 spiro atoms. The Kier molecular flexibility index (Phi) is 2.51. The Morgan fingerprint density at radius 3 is 3.00 bits per heavy atom. The lowest BCUT2D eigenvalue weighted by Crippen LogP contribution is -2.01. The van der Waals surface area contributed by atoms with E-state index in [4.69, 9.17) is 0 Å². The predicted octanol–water partition coefficient (Wildman–Crippen LogP) is 2.22. The van der Waals surface area contributed by atoms with E-state index in [1.54, 1.807) is 0 Å². The number of aromatic amines is 1. The predicted molar refractivity (Wildman–Crippen MR) is 71.4 cm³/mol. The number of nitrogens with one attached hydrogen (secondary N) is 2. The van der Waals surface area contributed by atoms with Gasteiger partial charge in [0.2, 0.25) is 0 Å². The van der Waals surface area contributed by atoms with E-state index >= 15 is 0 Å². The molecule has 2 N–H and O–H groups in total. The number of fused-ring (bicyclic) bond motifs is 1. The Balaban J connectivity index is 1.78. The lowest BCUT2D eigenvalue weighted by molar-refractivity contribution is 0.738. The van der Waals surface area contributed by atoms with Gasteiger partial charge in [0, 0.05) is 35.9 Å². The van der Waals surface area contributed by atoms with Crippen LogP contribution in [-0.4, -0.2) is 20.0 Å². The van der Waals surface area contributed by atoms with E-state index in [1.165, 1.54) is 11.3 Å². The third kappa shape index (κ3) is 1.84. The summed E-state index contributed by atoms with van der Waals surface area (Å²) in [5.74, 6) is 0. The summed E-state index contributed by atoms with van der Waals surface area (Å²) in [4.78, 5) is 0. The van der Waals surface area contributed by atoms with Crippen molar-refractivity contribution >= 4 is 16.6 Å². The maximum Gasteiger partial charge on any atom is 0.0670 e. The minimum atomic E-state index is 0.777. The zero-order valence-electron chi connectivity index (χ0n) is 10.4. The van der Waals surface area contributed by atoms with Gasteiger partial charge in [-0.05, 0) is 25.1 Å². The first-order chi connectivity index (χ1) is 8.74.